The molecule has 8 nitrogen and oxygen atoms in total. The summed E-state index contributed by atoms with van der Waals surface area (Å²) in [6.45, 7) is 13.9. The Hall–Kier alpha value is -1.29. The van der Waals surface area contributed by atoms with Crippen LogP contribution in [0.25, 0.3) is 0 Å². The van der Waals surface area contributed by atoms with Crippen LogP contribution in [0, 0.1) is 35.0 Å². The maximum atomic E-state index is 13.8. The van der Waals surface area contributed by atoms with Crippen LogP contribution in [-0.4, -0.2) is 71.6 Å². The van der Waals surface area contributed by atoms with Crippen molar-refractivity contribution in [2.75, 3.05) is 26.4 Å². The Morgan fingerprint density at radius 3 is 2.45 bits per heavy atom. The summed E-state index contributed by atoms with van der Waals surface area (Å²) < 4.78 is 19.1. The Morgan fingerprint density at radius 1 is 1.13 bits per heavy atom. The van der Waals surface area contributed by atoms with Gasteiger partial charge >= 0.3 is 0 Å². The van der Waals surface area contributed by atoms with Crippen LogP contribution in [0.3, 0.4) is 0 Å². The number of hydrogen-bond donors (Lipinski definition) is 4. The molecule has 9 atom stereocenters. The summed E-state index contributed by atoms with van der Waals surface area (Å²) in [5.41, 5.74) is 6.36. The normalized spacial score (nSPS) is 41.9. The lowest BCUT2D eigenvalue weighted by Gasteiger charge is -2.64. The molecule has 216 valence electrons. The zero-order chi connectivity index (χ0) is 27.8. The Kier molecular flexibility index (Phi) is 9.12. The summed E-state index contributed by atoms with van der Waals surface area (Å²) in [5, 5.41) is 27.4. The topological polar surface area (TPSA) is 131 Å². The van der Waals surface area contributed by atoms with Gasteiger partial charge in [-0.1, -0.05) is 13.5 Å². The number of unbranched alkanes of at least 4 members (excludes halogenated alkanes) is 1. The standard InChI is InChI=1S/C24H32O5.C4H11NO.C2H6O/c1-11-10-13-6-5-9-27-19(13)17-15-8-7-14-12(2)20(26)24(15)21(14)28-23(3,4)29-22(24)18(25)16(11)17;5-3-1-2-4-6;1-2-3/h11,14-18,21-22,25H,2,5-10H2,1,3-4H3;6H,1-5H2;3H,2H2,1H3. The molecule has 0 amide bonds. The van der Waals surface area contributed by atoms with E-state index in [9.17, 15) is 9.90 Å². The zero-order valence-corrected chi connectivity index (χ0v) is 23.7. The van der Waals surface area contributed by atoms with Crippen molar-refractivity contribution in [3.8, 4) is 0 Å². The molecule has 2 aliphatic heterocycles. The number of hydrogen-bond acceptors (Lipinski definition) is 8. The third-order valence-corrected chi connectivity index (χ3v) is 9.59. The van der Waals surface area contributed by atoms with Gasteiger partial charge in [0.05, 0.1) is 30.0 Å². The molecular weight excluding hydrogens is 486 g/mol. The minimum atomic E-state index is -0.827. The maximum absolute atomic E-state index is 13.8. The van der Waals surface area contributed by atoms with Crippen molar-refractivity contribution in [2.45, 2.75) is 96.7 Å². The van der Waals surface area contributed by atoms with Crippen LogP contribution in [0.1, 0.15) is 72.6 Å². The van der Waals surface area contributed by atoms with Crippen LogP contribution in [0.4, 0.5) is 0 Å². The molecule has 4 aliphatic carbocycles. The summed E-state index contributed by atoms with van der Waals surface area (Å²) in [4.78, 5) is 13.8. The van der Waals surface area contributed by atoms with E-state index in [-0.39, 0.29) is 48.8 Å². The monoisotopic (exact) mass is 535 g/mol. The molecule has 2 bridgehead atoms. The number of carbonyl (C=O) groups is 1. The number of nitrogens with two attached hydrogens (primary N) is 1. The Labute approximate surface area is 227 Å². The minimum absolute atomic E-state index is 0.0370. The number of allylic oxidation sites excluding steroid dienone is 2. The van der Waals surface area contributed by atoms with Gasteiger partial charge in [0, 0.05) is 31.0 Å². The van der Waals surface area contributed by atoms with Crippen molar-refractivity contribution in [2.24, 2.45) is 40.7 Å². The fourth-order valence-electron chi connectivity index (χ4n) is 8.38. The van der Waals surface area contributed by atoms with Gasteiger partial charge in [-0.2, -0.15) is 0 Å². The van der Waals surface area contributed by atoms with Crippen LogP contribution >= 0.6 is 0 Å². The Morgan fingerprint density at radius 2 is 1.82 bits per heavy atom. The molecular formula is C30H49NO7. The molecule has 8 heteroatoms. The van der Waals surface area contributed by atoms with Crippen molar-refractivity contribution in [1.29, 1.82) is 0 Å². The molecule has 1 saturated heterocycles. The first-order valence-corrected chi connectivity index (χ1v) is 14.6. The molecule has 0 aromatic carbocycles. The summed E-state index contributed by atoms with van der Waals surface area (Å²) in [5.74, 6) is 0.936. The predicted octanol–water partition coefficient (Wildman–Crippen LogP) is 3.09. The van der Waals surface area contributed by atoms with Crippen molar-refractivity contribution in [3.63, 3.8) is 0 Å². The first-order chi connectivity index (χ1) is 18.1. The van der Waals surface area contributed by atoms with E-state index in [1.165, 1.54) is 5.57 Å². The van der Waals surface area contributed by atoms with Crippen molar-refractivity contribution in [1.82, 2.24) is 0 Å². The molecule has 1 spiro atoms. The van der Waals surface area contributed by atoms with Gasteiger partial charge in [-0.05, 0) is 95.2 Å². The average Bonchev–Trinajstić information content (AvgIpc) is 3.00. The lowest BCUT2D eigenvalue weighted by molar-refractivity contribution is -0.386. The van der Waals surface area contributed by atoms with Gasteiger partial charge in [0.25, 0.3) is 0 Å². The second-order valence-electron chi connectivity index (χ2n) is 12.3. The van der Waals surface area contributed by atoms with E-state index in [1.54, 1.807) is 6.92 Å². The lowest BCUT2D eigenvalue weighted by Crippen LogP contribution is -2.73. The molecule has 0 radical (unpaired) electrons. The van der Waals surface area contributed by atoms with Crippen LogP contribution in [0.15, 0.2) is 23.5 Å². The highest BCUT2D eigenvalue weighted by molar-refractivity contribution is 6.04. The fraction of sp³-hybridized carbons (Fsp3) is 0.833. The number of aliphatic hydroxyl groups is 3. The third kappa shape index (κ3) is 4.69. The highest BCUT2D eigenvalue weighted by Gasteiger charge is 2.77. The molecule has 5 N–H and O–H groups in total. The number of rotatable bonds is 3. The number of ether oxygens (including phenoxy) is 3. The van der Waals surface area contributed by atoms with E-state index in [2.05, 4.69) is 13.5 Å². The number of aliphatic hydroxyl groups excluding tert-OH is 3. The first kappa shape index (κ1) is 29.7. The average molecular weight is 536 g/mol. The zero-order valence-electron chi connectivity index (χ0n) is 23.7. The molecule has 38 heavy (non-hydrogen) atoms. The number of Topliss-reactive ketones (excluding diaryl/α,β-unsaturated/α-hetero) is 1. The number of carbonyl (C=O) groups excluding carboxylic acids is 1. The van der Waals surface area contributed by atoms with E-state index >= 15 is 0 Å². The maximum Gasteiger partial charge on any atom is 0.170 e. The molecule has 2 heterocycles. The van der Waals surface area contributed by atoms with Gasteiger partial charge in [-0.15, -0.1) is 0 Å². The van der Waals surface area contributed by atoms with E-state index in [1.807, 2.05) is 13.8 Å². The largest absolute Gasteiger partial charge is 0.498 e. The summed E-state index contributed by atoms with van der Waals surface area (Å²) in [7, 11) is 0. The van der Waals surface area contributed by atoms with Gasteiger partial charge in [-0.3, -0.25) is 4.79 Å². The molecule has 0 aromatic heterocycles. The Bertz CT molecular complexity index is 912. The molecule has 4 fully saturated rings. The quantitative estimate of drug-likeness (QED) is 0.320. The third-order valence-electron chi connectivity index (χ3n) is 9.59. The number of ketones is 1. The van der Waals surface area contributed by atoms with E-state index in [0.29, 0.717) is 18.0 Å². The van der Waals surface area contributed by atoms with Gasteiger partial charge in [0.2, 0.25) is 0 Å². The Balaban J connectivity index is 0.000000327. The molecule has 6 aliphatic rings. The summed E-state index contributed by atoms with van der Waals surface area (Å²) >= 11 is 0. The molecule has 9 unspecified atom stereocenters. The summed E-state index contributed by atoms with van der Waals surface area (Å²) in [6, 6.07) is 0. The van der Waals surface area contributed by atoms with E-state index in [0.717, 1.165) is 57.3 Å². The predicted molar refractivity (Wildman–Crippen MR) is 144 cm³/mol. The minimum Gasteiger partial charge on any atom is -0.498 e. The molecule has 6 rings (SSSR count). The van der Waals surface area contributed by atoms with Crippen LogP contribution in [0.5, 0.6) is 0 Å². The van der Waals surface area contributed by atoms with Crippen molar-refractivity contribution < 1.29 is 34.3 Å². The highest BCUT2D eigenvalue weighted by Crippen LogP contribution is 2.69. The smallest absolute Gasteiger partial charge is 0.170 e. The van der Waals surface area contributed by atoms with Gasteiger partial charge in [0.1, 0.15) is 6.10 Å². The number of fused-ring (bicyclic) bond motifs is 3. The SMILES string of the molecule is C=C1C(=O)C23C4CCC1C2OC(C)(C)OC3C(O)C1C(C)CC2=C(OCCC2)C14.CCO.NCCCCO. The van der Waals surface area contributed by atoms with Crippen LogP contribution in [-0.2, 0) is 19.0 Å². The molecule has 3 saturated carbocycles. The molecule has 0 aromatic rings. The van der Waals surface area contributed by atoms with Gasteiger partial charge in [0.15, 0.2) is 11.6 Å². The van der Waals surface area contributed by atoms with Gasteiger partial charge in [-0.25, -0.2) is 0 Å². The lowest BCUT2D eigenvalue weighted by atomic mass is 9.46. The van der Waals surface area contributed by atoms with Crippen LogP contribution < -0.4 is 5.73 Å². The second-order valence-corrected chi connectivity index (χ2v) is 12.3. The van der Waals surface area contributed by atoms with Gasteiger partial charge < -0.3 is 35.3 Å². The van der Waals surface area contributed by atoms with E-state index in [4.69, 9.17) is 30.2 Å². The highest BCUT2D eigenvalue weighted by atomic mass is 16.7. The first-order valence-electron chi connectivity index (χ1n) is 14.6. The summed E-state index contributed by atoms with van der Waals surface area (Å²) in [6.07, 6.45) is 5.27. The second kappa shape index (κ2) is 11.7. The van der Waals surface area contributed by atoms with E-state index < -0.39 is 23.4 Å². The van der Waals surface area contributed by atoms with Crippen molar-refractivity contribution >= 4 is 5.78 Å². The van der Waals surface area contributed by atoms with Crippen molar-refractivity contribution in [3.05, 3.63) is 23.5 Å². The fourth-order valence-corrected chi connectivity index (χ4v) is 8.38. The van der Waals surface area contributed by atoms with Crippen LogP contribution in [0.2, 0.25) is 0 Å².